The summed E-state index contributed by atoms with van der Waals surface area (Å²) < 4.78 is 36.6. The van der Waals surface area contributed by atoms with Crippen molar-refractivity contribution in [2.45, 2.75) is 25.9 Å². The first-order valence-electron chi connectivity index (χ1n) is 12.0. The molecule has 0 bridgehead atoms. The van der Waals surface area contributed by atoms with E-state index in [0.29, 0.717) is 39.9 Å². The number of amides is 2. The maximum atomic E-state index is 13.5. The number of carbonyl (C=O) groups is 2. The quantitative estimate of drug-likeness (QED) is 0.254. The highest BCUT2D eigenvalue weighted by Crippen LogP contribution is 2.28. The monoisotopic (exact) mass is 552 g/mol. The van der Waals surface area contributed by atoms with Crippen molar-refractivity contribution in [3.8, 4) is 5.75 Å². The standard InChI is InChI=1S/C26H28N6O6S/c1-16(27)31-12-10-23(11-13-31)37-22-8-6-21(7-9-22)32(39(35,36)38-26(30)34)25(33)19-5-3-17-2-4-18(24(28)29)14-20(17)15-19/h2-9,14-15,23,27H,10-13H2,1H3,(H3,28,29)(H2,30,34). The van der Waals surface area contributed by atoms with Crippen LogP contribution in [0.4, 0.5) is 10.5 Å². The molecule has 0 radical (unpaired) electrons. The Balaban J connectivity index is 1.63. The van der Waals surface area contributed by atoms with Crippen LogP contribution in [0.15, 0.2) is 60.7 Å². The summed E-state index contributed by atoms with van der Waals surface area (Å²) in [5.41, 5.74) is 10.8. The molecule has 204 valence electrons. The number of nitrogen functional groups attached to an aromatic ring is 1. The average Bonchev–Trinajstić information content (AvgIpc) is 2.88. The molecule has 1 saturated heterocycles. The Hall–Kier alpha value is -4.65. The molecule has 6 N–H and O–H groups in total. The van der Waals surface area contributed by atoms with Crippen LogP contribution >= 0.6 is 0 Å². The van der Waals surface area contributed by atoms with Gasteiger partial charge in [-0.2, -0.15) is 12.7 Å². The summed E-state index contributed by atoms with van der Waals surface area (Å²) in [6, 6.07) is 15.3. The number of benzene rings is 3. The number of amidine groups is 2. The summed E-state index contributed by atoms with van der Waals surface area (Å²) >= 11 is 0. The first-order chi connectivity index (χ1) is 18.4. The molecule has 1 aliphatic heterocycles. The van der Waals surface area contributed by atoms with E-state index in [1.54, 1.807) is 31.2 Å². The number of rotatable bonds is 7. The Bertz CT molecular complexity index is 1550. The van der Waals surface area contributed by atoms with Crippen molar-refractivity contribution in [3.63, 3.8) is 0 Å². The fraction of sp³-hybridized carbons (Fsp3) is 0.231. The van der Waals surface area contributed by atoms with Gasteiger partial charge in [-0.25, -0.2) is 4.79 Å². The van der Waals surface area contributed by atoms with Crippen molar-refractivity contribution >= 4 is 50.4 Å². The molecule has 3 aromatic carbocycles. The van der Waals surface area contributed by atoms with Crippen molar-refractivity contribution in [2.75, 3.05) is 17.4 Å². The van der Waals surface area contributed by atoms with Crippen molar-refractivity contribution in [3.05, 3.63) is 71.8 Å². The molecular formula is C26H28N6O6S. The van der Waals surface area contributed by atoms with Crippen LogP contribution in [-0.2, 0) is 14.5 Å². The first kappa shape index (κ1) is 27.4. The third kappa shape index (κ3) is 6.26. The summed E-state index contributed by atoms with van der Waals surface area (Å²) in [6.07, 6.45) is -0.236. The van der Waals surface area contributed by atoms with Crippen molar-refractivity contribution in [1.82, 2.24) is 4.90 Å². The minimum absolute atomic E-state index is 0.0200. The van der Waals surface area contributed by atoms with Crippen LogP contribution in [-0.4, -0.2) is 56.2 Å². The van der Waals surface area contributed by atoms with E-state index in [0.717, 1.165) is 18.2 Å². The number of ether oxygens (including phenoxy) is 1. The summed E-state index contributed by atoms with van der Waals surface area (Å²) in [5, 5.41) is 16.7. The number of primary amides is 1. The van der Waals surface area contributed by atoms with Gasteiger partial charge in [0.25, 0.3) is 5.91 Å². The highest BCUT2D eigenvalue weighted by atomic mass is 32.2. The SMILES string of the molecule is CC(=N)N1CCC(Oc2ccc(N(C(=O)c3ccc4ccc(C(=N)N)cc4c3)S(=O)(=O)OC(N)=O)cc2)CC1. The minimum Gasteiger partial charge on any atom is -0.490 e. The van der Waals surface area contributed by atoms with E-state index < -0.39 is 22.3 Å². The van der Waals surface area contributed by atoms with Gasteiger partial charge < -0.3 is 25.3 Å². The Morgan fingerprint density at radius 3 is 2.08 bits per heavy atom. The zero-order chi connectivity index (χ0) is 28.3. The van der Waals surface area contributed by atoms with E-state index in [2.05, 4.69) is 4.18 Å². The molecule has 0 aromatic heterocycles. The first-order valence-corrected chi connectivity index (χ1v) is 13.3. The van der Waals surface area contributed by atoms with Gasteiger partial charge in [0, 0.05) is 37.1 Å². The maximum Gasteiger partial charge on any atom is 0.421 e. The molecule has 0 saturated carbocycles. The molecule has 0 aliphatic carbocycles. The van der Waals surface area contributed by atoms with Gasteiger partial charge in [0.15, 0.2) is 0 Å². The fourth-order valence-electron chi connectivity index (χ4n) is 4.32. The number of nitrogens with zero attached hydrogens (tertiary/aromatic N) is 2. The number of piperidine rings is 1. The van der Waals surface area contributed by atoms with Crippen LogP contribution in [0.25, 0.3) is 10.8 Å². The summed E-state index contributed by atoms with van der Waals surface area (Å²) in [5.74, 6) is -0.181. The van der Waals surface area contributed by atoms with Crippen molar-refractivity contribution in [1.29, 1.82) is 10.8 Å². The number of hydrogen-bond donors (Lipinski definition) is 4. The minimum atomic E-state index is -4.96. The second kappa shape index (κ2) is 11.0. The van der Waals surface area contributed by atoms with E-state index in [-0.39, 0.29) is 23.2 Å². The van der Waals surface area contributed by atoms with E-state index >= 15 is 0 Å². The van der Waals surface area contributed by atoms with E-state index in [1.807, 2.05) is 4.90 Å². The number of nitrogens with one attached hydrogen (secondary N) is 2. The number of hydrogen-bond acceptors (Lipinski definition) is 8. The number of carbonyl (C=O) groups excluding carboxylic acids is 2. The second-order valence-electron chi connectivity index (χ2n) is 9.00. The molecule has 0 spiro atoms. The molecule has 1 aliphatic rings. The number of anilines is 1. The molecule has 13 heteroatoms. The predicted molar refractivity (Wildman–Crippen MR) is 146 cm³/mol. The number of likely N-dealkylation sites (tertiary alicyclic amines) is 1. The van der Waals surface area contributed by atoms with Crippen LogP contribution in [0, 0.1) is 10.8 Å². The van der Waals surface area contributed by atoms with Crippen LogP contribution in [0.3, 0.4) is 0 Å². The third-order valence-electron chi connectivity index (χ3n) is 6.28. The van der Waals surface area contributed by atoms with Gasteiger partial charge >= 0.3 is 16.4 Å². The van der Waals surface area contributed by atoms with Crippen LogP contribution in [0.5, 0.6) is 5.75 Å². The van der Waals surface area contributed by atoms with Crippen LogP contribution in [0.2, 0.25) is 0 Å². The fourth-order valence-corrected chi connectivity index (χ4v) is 5.29. The Labute approximate surface area is 225 Å². The molecule has 4 rings (SSSR count). The highest BCUT2D eigenvalue weighted by Gasteiger charge is 2.34. The van der Waals surface area contributed by atoms with E-state index in [1.165, 1.54) is 36.4 Å². The molecule has 1 fully saturated rings. The number of nitrogens with two attached hydrogens (primary N) is 2. The van der Waals surface area contributed by atoms with E-state index in [9.17, 15) is 18.0 Å². The molecule has 39 heavy (non-hydrogen) atoms. The van der Waals surface area contributed by atoms with Gasteiger partial charge in [0.2, 0.25) is 0 Å². The largest absolute Gasteiger partial charge is 0.490 e. The molecule has 3 aromatic rings. The summed E-state index contributed by atoms with van der Waals surface area (Å²) in [6.45, 7) is 3.13. The van der Waals surface area contributed by atoms with Gasteiger partial charge in [-0.15, -0.1) is 0 Å². The molecule has 0 atom stereocenters. The molecule has 0 unspecified atom stereocenters. The summed E-state index contributed by atoms with van der Waals surface area (Å²) in [7, 11) is -4.96. The van der Waals surface area contributed by atoms with Gasteiger partial charge in [-0.3, -0.25) is 15.6 Å². The van der Waals surface area contributed by atoms with Gasteiger partial charge in [-0.05, 0) is 60.2 Å². The van der Waals surface area contributed by atoms with Crippen molar-refractivity contribution < 1.29 is 26.9 Å². The topological polar surface area (TPSA) is 193 Å². The Kier molecular flexibility index (Phi) is 7.72. The second-order valence-corrected chi connectivity index (χ2v) is 10.4. The Morgan fingerprint density at radius 1 is 0.923 bits per heavy atom. The van der Waals surface area contributed by atoms with Crippen molar-refractivity contribution in [2.24, 2.45) is 11.5 Å². The van der Waals surface area contributed by atoms with Gasteiger partial charge in [-0.1, -0.05) is 18.2 Å². The van der Waals surface area contributed by atoms with Gasteiger partial charge in [0.05, 0.1) is 11.5 Å². The lowest BCUT2D eigenvalue weighted by atomic mass is 10.0. The van der Waals surface area contributed by atoms with Gasteiger partial charge in [0.1, 0.15) is 17.7 Å². The summed E-state index contributed by atoms with van der Waals surface area (Å²) in [4.78, 5) is 26.8. The zero-order valence-corrected chi connectivity index (χ0v) is 21.9. The molecule has 2 amide bonds. The zero-order valence-electron chi connectivity index (χ0n) is 21.1. The lowest BCUT2D eigenvalue weighted by Gasteiger charge is -2.32. The Morgan fingerprint density at radius 2 is 1.51 bits per heavy atom. The predicted octanol–water partition coefficient (Wildman–Crippen LogP) is 2.95. The average molecular weight is 553 g/mol. The molecular weight excluding hydrogens is 524 g/mol. The van der Waals surface area contributed by atoms with E-state index in [4.69, 9.17) is 27.0 Å². The molecule has 1 heterocycles. The maximum absolute atomic E-state index is 13.5. The molecule has 12 nitrogen and oxygen atoms in total. The van der Waals surface area contributed by atoms with Crippen LogP contribution in [0.1, 0.15) is 35.7 Å². The smallest absolute Gasteiger partial charge is 0.421 e. The number of fused-ring (bicyclic) bond motifs is 1. The normalized spacial score (nSPS) is 14.0. The van der Waals surface area contributed by atoms with Crippen LogP contribution < -0.4 is 20.5 Å². The lowest BCUT2D eigenvalue weighted by molar-refractivity contribution is 0.100. The highest BCUT2D eigenvalue weighted by molar-refractivity contribution is 7.89. The lowest BCUT2D eigenvalue weighted by Crippen LogP contribution is -2.40. The third-order valence-corrected chi connectivity index (χ3v) is 7.48.